The van der Waals surface area contributed by atoms with Crippen LogP contribution in [-0.4, -0.2) is 44.1 Å². The Morgan fingerprint density at radius 1 is 1.11 bits per heavy atom. The fourth-order valence-corrected chi connectivity index (χ4v) is 6.36. The number of alkyl halides is 3. The zero-order valence-electron chi connectivity index (χ0n) is 24.8. The van der Waals surface area contributed by atoms with Gasteiger partial charge in [0.05, 0.1) is 5.69 Å². The van der Waals surface area contributed by atoms with Crippen molar-refractivity contribution in [2.24, 2.45) is 4.99 Å². The van der Waals surface area contributed by atoms with Crippen LogP contribution in [0.1, 0.15) is 49.8 Å². The highest BCUT2D eigenvalue weighted by Crippen LogP contribution is 2.36. The molecule has 4 aromatic rings. The molecule has 2 heterocycles. The Labute approximate surface area is 258 Å². The van der Waals surface area contributed by atoms with E-state index in [2.05, 4.69) is 75.9 Å². The van der Waals surface area contributed by atoms with E-state index in [1.807, 2.05) is 24.3 Å². The van der Waals surface area contributed by atoms with Crippen LogP contribution >= 0.6 is 11.8 Å². The van der Waals surface area contributed by atoms with Crippen LogP contribution in [0.4, 0.5) is 23.7 Å². The van der Waals surface area contributed by atoms with Gasteiger partial charge < -0.3 is 15.0 Å². The van der Waals surface area contributed by atoms with Gasteiger partial charge in [0.2, 0.25) is 0 Å². The smallest absolute Gasteiger partial charge is 0.406 e. The molecule has 12 heteroatoms. The van der Waals surface area contributed by atoms with Crippen molar-refractivity contribution in [3.05, 3.63) is 89.7 Å². The summed E-state index contributed by atoms with van der Waals surface area (Å²) in [6.45, 7) is 8.95. The van der Waals surface area contributed by atoms with Crippen LogP contribution in [0, 0.1) is 6.92 Å². The fourth-order valence-electron chi connectivity index (χ4n) is 5.16. The predicted octanol–water partition coefficient (Wildman–Crippen LogP) is 7.86. The number of amides is 2. The molecule has 0 aliphatic carbocycles. The molecule has 8 nitrogen and oxygen atoms in total. The van der Waals surface area contributed by atoms with Crippen LogP contribution in [0.5, 0.6) is 5.75 Å². The van der Waals surface area contributed by atoms with E-state index in [0.29, 0.717) is 29.1 Å². The first-order chi connectivity index (χ1) is 21.0. The summed E-state index contributed by atoms with van der Waals surface area (Å²) in [6.07, 6.45) is -2.27. The number of amidine groups is 1. The van der Waals surface area contributed by atoms with Gasteiger partial charge in [-0.2, -0.15) is 4.99 Å². The van der Waals surface area contributed by atoms with Crippen LogP contribution in [0.25, 0.3) is 17.1 Å². The summed E-state index contributed by atoms with van der Waals surface area (Å²) in [5.41, 5.74) is 5.75. The maximum absolute atomic E-state index is 12.9. The molecule has 0 saturated carbocycles. The standard InChI is InChI=1S/C32H33F3N6O2S/c1-20(2)28-21(3)6-5-7-27(28)41-22(4)16-17-44-31(41)38-30(42)36-18-23-8-10-24(11-9-23)29-37-19-40(39-29)25-12-14-26(15-13-25)43-32(33,34)35/h5-15,19-20,22H,16-18H2,1-4H3,(H,36,42). The summed E-state index contributed by atoms with van der Waals surface area (Å²) in [6, 6.07) is 18.9. The Kier molecular flexibility index (Phi) is 9.28. The molecule has 5 rings (SSSR count). The highest BCUT2D eigenvalue weighted by atomic mass is 32.2. The first kappa shape index (κ1) is 31.1. The second-order valence-corrected chi connectivity index (χ2v) is 11.9. The van der Waals surface area contributed by atoms with Crippen LogP contribution in [0.2, 0.25) is 0 Å². The first-order valence-corrected chi connectivity index (χ1v) is 15.2. The van der Waals surface area contributed by atoms with Gasteiger partial charge in [-0.3, -0.25) is 0 Å². The normalized spacial score (nSPS) is 16.4. The summed E-state index contributed by atoms with van der Waals surface area (Å²) < 4.78 is 42.6. The van der Waals surface area contributed by atoms with Crippen molar-refractivity contribution in [3.63, 3.8) is 0 Å². The molecule has 1 aliphatic heterocycles. The second kappa shape index (κ2) is 13.1. The minimum absolute atomic E-state index is 0.217. The van der Waals surface area contributed by atoms with Crippen LogP contribution in [0.15, 0.2) is 78.0 Å². The van der Waals surface area contributed by atoms with E-state index in [1.165, 1.54) is 46.4 Å². The van der Waals surface area contributed by atoms with E-state index in [0.717, 1.165) is 29.0 Å². The number of carbonyl (C=O) groups is 1. The van der Waals surface area contributed by atoms with E-state index < -0.39 is 12.4 Å². The summed E-state index contributed by atoms with van der Waals surface area (Å²) in [5, 5.41) is 8.04. The molecule has 44 heavy (non-hydrogen) atoms. The van der Waals surface area contributed by atoms with Crippen LogP contribution < -0.4 is 15.0 Å². The molecule has 1 aromatic heterocycles. The molecule has 1 unspecified atom stereocenters. The van der Waals surface area contributed by atoms with E-state index in [1.54, 1.807) is 11.8 Å². The number of urea groups is 1. The number of hydrogen-bond donors (Lipinski definition) is 1. The number of nitrogens with zero attached hydrogens (tertiary/aromatic N) is 5. The molecular weight excluding hydrogens is 589 g/mol. The summed E-state index contributed by atoms with van der Waals surface area (Å²) >= 11 is 1.60. The molecule has 1 aliphatic rings. The maximum Gasteiger partial charge on any atom is 0.573 e. The number of aliphatic imine (C=N–C) groups is 1. The number of aryl methyl sites for hydroxylation is 1. The van der Waals surface area contributed by atoms with Crippen molar-refractivity contribution < 1.29 is 22.7 Å². The molecule has 0 spiro atoms. The summed E-state index contributed by atoms with van der Waals surface area (Å²) in [5.74, 6) is 1.37. The number of ether oxygens (including phenoxy) is 1. The molecule has 1 atom stereocenters. The molecule has 3 aromatic carbocycles. The average molecular weight is 623 g/mol. The van der Waals surface area contributed by atoms with E-state index in [9.17, 15) is 18.0 Å². The molecule has 0 bridgehead atoms. The number of anilines is 1. The number of aromatic nitrogens is 3. The van der Waals surface area contributed by atoms with Crippen molar-refractivity contribution in [1.82, 2.24) is 20.1 Å². The highest BCUT2D eigenvalue weighted by Gasteiger charge is 2.31. The number of carbonyl (C=O) groups excluding carboxylic acids is 1. The number of halogens is 3. The lowest BCUT2D eigenvalue weighted by Gasteiger charge is -2.37. The number of thioether (sulfide) groups is 1. The minimum atomic E-state index is -4.75. The Morgan fingerprint density at radius 2 is 1.84 bits per heavy atom. The number of nitrogens with one attached hydrogen (secondary N) is 1. The topological polar surface area (TPSA) is 84.6 Å². The van der Waals surface area contributed by atoms with Gasteiger partial charge in [0, 0.05) is 29.6 Å². The Hall–Kier alpha value is -4.32. The largest absolute Gasteiger partial charge is 0.573 e. The van der Waals surface area contributed by atoms with Gasteiger partial charge in [0.15, 0.2) is 11.0 Å². The summed E-state index contributed by atoms with van der Waals surface area (Å²) in [4.78, 5) is 23.9. The minimum Gasteiger partial charge on any atom is -0.406 e. The van der Waals surface area contributed by atoms with Crippen LogP contribution in [-0.2, 0) is 6.54 Å². The highest BCUT2D eigenvalue weighted by molar-refractivity contribution is 8.14. The zero-order chi connectivity index (χ0) is 31.4. The fraction of sp³-hybridized carbons (Fsp3) is 0.312. The third-order valence-electron chi connectivity index (χ3n) is 7.23. The SMILES string of the molecule is Cc1cccc(N2C(=NC(=O)NCc3ccc(-c4ncn(-c5ccc(OC(F)(F)F)cc5)n4)cc3)SCCC2C)c1C(C)C. The number of benzene rings is 3. The molecule has 2 amide bonds. The molecule has 230 valence electrons. The number of hydrogen-bond acceptors (Lipinski definition) is 5. The molecule has 1 N–H and O–H groups in total. The van der Waals surface area contributed by atoms with Crippen molar-refractivity contribution in [3.8, 4) is 22.8 Å². The molecule has 1 saturated heterocycles. The second-order valence-electron chi connectivity index (χ2n) is 10.8. The van der Waals surface area contributed by atoms with Gasteiger partial charge in [-0.15, -0.1) is 18.3 Å². The van der Waals surface area contributed by atoms with Crippen LogP contribution in [0.3, 0.4) is 0 Å². The van der Waals surface area contributed by atoms with Gasteiger partial charge in [0.25, 0.3) is 0 Å². The van der Waals surface area contributed by atoms with E-state index in [4.69, 9.17) is 0 Å². The molecule has 0 radical (unpaired) electrons. The molecule has 1 fully saturated rings. The van der Waals surface area contributed by atoms with Gasteiger partial charge >= 0.3 is 12.4 Å². The van der Waals surface area contributed by atoms with Crippen molar-refractivity contribution in [1.29, 1.82) is 0 Å². The lowest BCUT2D eigenvalue weighted by molar-refractivity contribution is -0.274. The predicted molar refractivity (Wildman–Crippen MR) is 167 cm³/mol. The van der Waals surface area contributed by atoms with Gasteiger partial charge in [-0.05, 0) is 73.2 Å². The zero-order valence-corrected chi connectivity index (χ0v) is 25.6. The lowest BCUT2D eigenvalue weighted by atomic mass is 9.95. The van der Waals surface area contributed by atoms with Gasteiger partial charge in [-0.1, -0.05) is 62.0 Å². The third-order valence-corrected chi connectivity index (χ3v) is 8.22. The Bertz CT molecular complexity index is 1640. The quantitative estimate of drug-likeness (QED) is 0.226. The monoisotopic (exact) mass is 622 g/mol. The van der Waals surface area contributed by atoms with Crippen molar-refractivity contribution >= 4 is 28.6 Å². The third kappa shape index (κ3) is 7.42. The van der Waals surface area contributed by atoms with E-state index >= 15 is 0 Å². The Balaban J connectivity index is 1.23. The first-order valence-electron chi connectivity index (χ1n) is 14.2. The van der Waals surface area contributed by atoms with Gasteiger partial charge in [0.1, 0.15) is 12.1 Å². The van der Waals surface area contributed by atoms with Gasteiger partial charge in [-0.25, -0.2) is 14.5 Å². The average Bonchev–Trinajstić information content (AvgIpc) is 3.46. The maximum atomic E-state index is 12.9. The van der Waals surface area contributed by atoms with Crippen molar-refractivity contribution in [2.45, 2.75) is 59.0 Å². The Morgan fingerprint density at radius 3 is 2.52 bits per heavy atom. The van der Waals surface area contributed by atoms with E-state index in [-0.39, 0.29) is 11.8 Å². The number of rotatable bonds is 7. The summed E-state index contributed by atoms with van der Waals surface area (Å²) in [7, 11) is 0. The lowest BCUT2D eigenvalue weighted by Crippen LogP contribution is -2.42. The molecular formula is C32H33F3N6O2S. The van der Waals surface area contributed by atoms with Crippen molar-refractivity contribution in [2.75, 3.05) is 10.7 Å².